The van der Waals surface area contributed by atoms with Gasteiger partial charge in [0, 0.05) is 18.0 Å². The average molecular weight is 287 g/mol. The van der Waals surface area contributed by atoms with Crippen molar-refractivity contribution in [3.05, 3.63) is 77.9 Å². The van der Waals surface area contributed by atoms with Crippen LogP contribution in [0.25, 0.3) is 11.3 Å². The van der Waals surface area contributed by atoms with Crippen molar-refractivity contribution in [1.29, 1.82) is 0 Å². The molecule has 0 bridgehead atoms. The number of halogens is 2. The third kappa shape index (κ3) is 3.32. The van der Waals surface area contributed by atoms with Crippen molar-refractivity contribution in [1.82, 2.24) is 10.4 Å². The lowest BCUT2D eigenvalue weighted by Gasteiger charge is -2.16. The molecule has 0 spiro atoms. The maximum Gasteiger partial charge on any atom is 0.123 e. The van der Waals surface area contributed by atoms with Gasteiger partial charge in [-0.1, -0.05) is 6.58 Å². The molecule has 2 aromatic rings. The Morgan fingerprint density at radius 1 is 1.10 bits per heavy atom. The molecular formula is C16H15F2N3. The predicted molar refractivity (Wildman–Crippen MR) is 79.9 cm³/mol. The molecule has 0 aliphatic heterocycles. The average Bonchev–Trinajstić information content (AvgIpc) is 2.53. The van der Waals surface area contributed by atoms with Crippen molar-refractivity contribution in [2.24, 2.45) is 5.84 Å². The van der Waals surface area contributed by atoms with Crippen LogP contribution in [-0.2, 0) is 0 Å². The Hall–Kier alpha value is -2.53. The van der Waals surface area contributed by atoms with E-state index in [0.29, 0.717) is 16.8 Å². The summed E-state index contributed by atoms with van der Waals surface area (Å²) >= 11 is 0. The summed E-state index contributed by atoms with van der Waals surface area (Å²) in [5.41, 5.74) is 5.22. The van der Waals surface area contributed by atoms with Crippen molar-refractivity contribution >= 4 is 11.3 Å². The Kier molecular flexibility index (Phi) is 4.79. The van der Waals surface area contributed by atoms with E-state index in [2.05, 4.69) is 17.0 Å². The van der Waals surface area contributed by atoms with E-state index >= 15 is 0 Å². The number of benzene rings is 1. The van der Waals surface area contributed by atoms with Gasteiger partial charge in [0.15, 0.2) is 0 Å². The first-order chi connectivity index (χ1) is 10.2. The molecule has 1 heterocycles. The predicted octanol–water partition coefficient (Wildman–Crippen LogP) is 3.08. The molecule has 5 heteroatoms. The summed E-state index contributed by atoms with van der Waals surface area (Å²) in [7, 11) is 0. The Morgan fingerprint density at radius 2 is 1.71 bits per heavy atom. The molecule has 3 nitrogen and oxygen atoms in total. The first-order valence-corrected chi connectivity index (χ1v) is 6.28. The summed E-state index contributed by atoms with van der Waals surface area (Å²) in [6.07, 6.45) is 3.19. The summed E-state index contributed by atoms with van der Waals surface area (Å²) in [5, 5.41) is 0. The van der Waals surface area contributed by atoms with Gasteiger partial charge in [0.25, 0.3) is 0 Å². The minimum atomic E-state index is -0.718. The Bertz CT molecular complexity index is 649. The number of aromatic nitrogens is 1. The van der Waals surface area contributed by atoms with Gasteiger partial charge in [-0.25, -0.2) is 8.78 Å². The molecule has 108 valence electrons. The van der Waals surface area contributed by atoms with Crippen molar-refractivity contribution in [3.63, 3.8) is 0 Å². The molecule has 0 aliphatic carbocycles. The van der Waals surface area contributed by atoms with E-state index < -0.39 is 6.67 Å². The first-order valence-electron chi connectivity index (χ1n) is 6.28. The molecule has 1 aromatic carbocycles. The van der Waals surface area contributed by atoms with E-state index in [9.17, 15) is 8.78 Å². The Labute approximate surface area is 121 Å². The van der Waals surface area contributed by atoms with Gasteiger partial charge >= 0.3 is 0 Å². The second kappa shape index (κ2) is 6.76. The number of alkyl halides is 1. The topological polar surface area (TPSA) is 50.9 Å². The van der Waals surface area contributed by atoms with Gasteiger partial charge in [-0.05, 0) is 53.1 Å². The van der Waals surface area contributed by atoms with Gasteiger partial charge in [-0.3, -0.25) is 10.8 Å². The fourth-order valence-electron chi connectivity index (χ4n) is 2.03. The van der Waals surface area contributed by atoms with Gasteiger partial charge in [0.1, 0.15) is 12.5 Å². The van der Waals surface area contributed by atoms with E-state index in [0.717, 1.165) is 5.56 Å². The monoisotopic (exact) mass is 287 g/mol. The second-order valence-electron chi connectivity index (χ2n) is 4.37. The summed E-state index contributed by atoms with van der Waals surface area (Å²) < 4.78 is 26.2. The molecule has 0 saturated carbocycles. The molecule has 0 unspecified atom stereocenters. The smallest absolute Gasteiger partial charge is 0.123 e. The van der Waals surface area contributed by atoms with Gasteiger partial charge in [0.05, 0.1) is 5.70 Å². The number of nitrogens with one attached hydrogen (secondary N) is 1. The van der Waals surface area contributed by atoms with Gasteiger partial charge in [-0.2, -0.15) is 0 Å². The molecule has 21 heavy (non-hydrogen) atoms. The van der Waals surface area contributed by atoms with Crippen LogP contribution in [0.2, 0.25) is 0 Å². The van der Waals surface area contributed by atoms with E-state index in [1.807, 2.05) is 0 Å². The Balaban J connectivity index is 2.64. The van der Waals surface area contributed by atoms with E-state index in [1.54, 1.807) is 36.7 Å². The van der Waals surface area contributed by atoms with Crippen LogP contribution in [0.4, 0.5) is 8.78 Å². The summed E-state index contributed by atoms with van der Waals surface area (Å²) in [6, 6.07) is 9.23. The molecular weight excluding hydrogens is 272 g/mol. The van der Waals surface area contributed by atoms with Crippen LogP contribution in [0, 0.1) is 5.82 Å². The van der Waals surface area contributed by atoms with Crippen LogP contribution in [-0.4, -0.2) is 11.7 Å². The molecule has 3 N–H and O–H groups in total. The molecule has 0 radical (unpaired) electrons. The quantitative estimate of drug-likeness (QED) is 0.505. The zero-order valence-electron chi connectivity index (χ0n) is 11.3. The molecule has 1 aromatic heterocycles. The van der Waals surface area contributed by atoms with E-state index in [1.165, 1.54) is 12.1 Å². The highest BCUT2D eigenvalue weighted by molar-refractivity contribution is 5.97. The maximum atomic E-state index is 13.1. The zero-order valence-corrected chi connectivity index (χ0v) is 11.3. The van der Waals surface area contributed by atoms with Crippen molar-refractivity contribution in [3.8, 4) is 0 Å². The zero-order chi connectivity index (χ0) is 15.2. The standard InChI is InChI=1S/C16H15F2N3/c1-11(10-17)15(12-6-8-20-9-7-12)16(21-19)13-2-4-14(18)5-3-13/h2-9,21H,1,10,19H2/b16-15+. The number of allylic oxidation sites excluding steroid dienone is 2. The number of rotatable bonds is 5. The van der Waals surface area contributed by atoms with Gasteiger partial charge in [0.2, 0.25) is 0 Å². The highest BCUT2D eigenvalue weighted by Gasteiger charge is 2.14. The summed E-state index contributed by atoms with van der Waals surface area (Å²) in [4.78, 5) is 3.94. The van der Waals surface area contributed by atoms with Crippen molar-refractivity contribution in [2.45, 2.75) is 0 Å². The molecule has 0 amide bonds. The number of hydrogen-bond donors (Lipinski definition) is 2. The van der Waals surface area contributed by atoms with Gasteiger partial charge < -0.3 is 5.43 Å². The molecule has 0 aliphatic rings. The lowest BCUT2D eigenvalue weighted by Crippen LogP contribution is -2.22. The normalized spacial score (nSPS) is 11.8. The minimum absolute atomic E-state index is 0.276. The minimum Gasteiger partial charge on any atom is -0.323 e. The Morgan fingerprint density at radius 3 is 2.24 bits per heavy atom. The maximum absolute atomic E-state index is 13.1. The largest absolute Gasteiger partial charge is 0.323 e. The highest BCUT2D eigenvalue weighted by Crippen LogP contribution is 2.29. The fraction of sp³-hybridized carbons (Fsp3) is 0.0625. The molecule has 0 atom stereocenters. The van der Waals surface area contributed by atoms with Crippen molar-refractivity contribution in [2.75, 3.05) is 6.67 Å². The van der Waals surface area contributed by atoms with Crippen LogP contribution in [0.15, 0.2) is 60.9 Å². The SMILES string of the molecule is C=C(CF)/C(=C(\NN)c1ccc(F)cc1)c1ccncc1. The molecule has 2 rings (SSSR count). The number of hydrogen-bond acceptors (Lipinski definition) is 3. The van der Waals surface area contributed by atoms with E-state index in [-0.39, 0.29) is 11.4 Å². The van der Waals surface area contributed by atoms with Crippen LogP contribution >= 0.6 is 0 Å². The lowest BCUT2D eigenvalue weighted by molar-refractivity contribution is 0.552. The van der Waals surface area contributed by atoms with Gasteiger partial charge in [-0.15, -0.1) is 0 Å². The van der Waals surface area contributed by atoms with Crippen LogP contribution in [0.1, 0.15) is 11.1 Å². The third-order valence-electron chi connectivity index (χ3n) is 3.01. The third-order valence-corrected chi connectivity index (χ3v) is 3.01. The van der Waals surface area contributed by atoms with Crippen LogP contribution in [0.3, 0.4) is 0 Å². The summed E-state index contributed by atoms with van der Waals surface area (Å²) in [5.74, 6) is 5.24. The number of hydrazine groups is 1. The highest BCUT2D eigenvalue weighted by atomic mass is 19.1. The summed E-state index contributed by atoms with van der Waals surface area (Å²) in [6.45, 7) is 3.02. The van der Waals surface area contributed by atoms with Crippen LogP contribution in [0.5, 0.6) is 0 Å². The van der Waals surface area contributed by atoms with E-state index in [4.69, 9.17) is 5.84 Å². The van der Waals surface area contributed by atoms with Crippen LogP contribution < -0.4 is 11.3 Å². The van der Waals surface area contributed by atoms with Crippen molar-refractivity contribution < 1.29 is 8.78 Å². The second-order valence-corrected chi connectivity index (χ2v) is 4.37. The lowest BCUT2D eigenvalue weighted by atomic mass is 9.95. The molecule has 0 saturated heterocycles. The first kappa shape index (κ1) is 14.9. The number of nitrogens with zero attached hydrogens (tertiary/aromatic N) is 1. The number of nitrogens with two attached hydrogens (primary N) is 1. The number of pyridine rings is 1. The molecule has 0 fully saturated rings. The fourth-order valence-corrected chi connectivity index (χ4v) is 2.03.